The smallest absolute Gasteiger partial charge is 0.231 e. The molecular weight excluding hydrogens is 154 g/mol. The van der Waals surface area contributed by atoms with Crippen molar-refractivity contribution in [2.75, 3.05) is 19.0 Å². The first-order valence-corrected chi connectivity index (χ1v) is 3.33. The highest BCUT2D eigenvalue weighted by atomic mass is 16.1. The third-order valence-electron chi connectivity index (χ3n) is 1.18. The molecule has 0 aliphatic rings. The Morgan fingerprint density at radius 3 is 2.08 bits per heavy atom. The van der Waals surface area contributed by atoms with Crippen molar-refractivity contribution in [2.24, 2.45) is 0 Å². The van der Waals surface area contributed by atoms with E-state index in [1.807, 2.05) is 31.1 Å². The van der Waals surface area contributed by atoms with Crippen molar-refractivity contribution in [1.82, 2.24) is 4.98 Å². The molecule has 1 heterocycles. The fraction of sp³-hybridized carbons (Fsp3) is 0.250. The molecule has 0 spiro atoms. The predicted molar refractivity (Wildman–Crippen MR) is 47.0 cm³/mol. The molecule has 0 saturated carbocycles. The van der Waals surface area contributed by atoms with Gasteiger partial charge in [0.05, 0.1) is 0 Å². The molecule has 0 unspecified atom stereocenters. The molecule has 0 atom stereocenters. The second-order valence-electron chi connectivity index (χ2n) is 2.20. The van der Waals surface area contributed by atoms with Crippen molar-refractivity contribution in [1.29, 1.82) is 5.41 Å². The third kappa shape index (κ3) is 4.19. The van der Waals surface area contributed by atoms with Gasteiger partial charge in [0, 0.05) is 32.2 Å². The molecular formula is C8H11N3O. The highest BCUT2D eigenvalue weighted by molar-refractivity contribution is 5.42. The van der Waals surface area contributed by atoms with E-state index in [0.29, 0.717) is 0 Å². The zero-order chi connectivity index (χ0) is 9.40. The van der Waals surface area contributed by atoms with Crippen LogP contribution in [0, 0.1) is 5.41 Å². The summed E-state index contributed by atoms with van der Waals surface area (Å²) in [5.41, 5.74) is 1.19. The summed E-state index contributed by atoms with van der Waals surface area (Å²) in [4.78, 5) is 14.3. The molecule has 0 saturated heterocycles. The van der Waals surface area contributed by atoms with Gasteiger partial charge in [0.2, 0.25) is 6.08 Å². The Morgan fingerprint density at radius 1 is 1.42 bits per heavy atom. The molecule has 1 aromatic rings. The number of hydrogen-bond donors (Lipinski definition) is 1. The van der Waals surface area contributed by atoms with E-state index in [9.17, 15) is 0 Å². The molecule has 0 aromatic carbocycles. The lowest BCUT2D eigenvalue weighted by molar-refractivity contribution is 0.563. The summed E-state index contributed by atoms with van der Waals surface area (Å²) < 4.78 is 0. The number of rotatable bonds is 1. The summed E-state index contributed by atoms with van der Waals surface area (Å²) in [6, 6.07) is 3.94. The average Bonchev–Trinajstić information content (AvgIpc) is 2.07. The van der Waals surface area contributed by atoms with Crippen LogP contribution in [0.4, 0.5) is 5.69 Å². The van der Waals surface area contributed by atoms with Crippen LogP contribution in [0.3, 0.4) is 0 Å². The molecule has 1 aromatic heterocycles. The molecule has 0 fully saturated rings. The fourth-order valence-corrected chi connectivity index (χ4v) is 0.642. The Bertz CT molecular complexity index is 240. The first kappa shape index (κ1) is 10.3. The van der Waals surface area contributed by atoms with Crippen LogP contribution in [0.2, 0.25) is 0 Å². The molecule has 1 rings (SSSR count). The number of aromatic nitrogens is 1. The lowest BCUT2D eigenvalue weighted by Crippen LogP contribution is -2.07. The van der Waals surface area contributed by atoms with Crippen LogP contribution in [0.15, 0.2) is 24.5 Å². The number of nitrogens with zero attached hydrogens (tertiary/aromatic N) is 2. The highest BCUT2D eigenvalue weighted by Gasteiger charge is 1.88. The Kier molecular flexibility index (Phi) is 5.22. The van der Waals surface area contributed by atoms with E-state index in [1.165, 1.54) is 5.69 Å². The Hall–Kier alpha value is -1.67. The normalized spacial score (nSPS) is 7.50. The van der Waals surface area contributed by atoms with E-state index in [2.05, 4.69) is 4.98 Å². The minimum absolute atomic E-state index is 0.750. The van der Waals surface area contributed by atoms with E-state index < -0.39 is 0 Å². The molecule has 12 heavy (non-hydrogen) atoms. The first-order valence-electron chi connectivity index (χ1n) is 3.33. The van der Waals surface area contributed by atoms with Gasteiger partial charge in [-0.15, -0.1) is 0 Å². The molecule has 1 N–H and O–H groups in total. The molecule has 4 heteroatoms. The maximum atomic E-state index is 8.35. The van der Waals surface area contributed by atoms with Gasteiger partial charge >= 0.3 is 0 Å². The monoisotopic (exact) mass is 165 g/mol. The summed E-state index contributed by atoms with van der Waals surface area (Å²) in [5.74, 6) is 0. The van der Waals surface area contributed by atoms with Gasteiger partial charge in [-0.3, -0.25) is 4.98 Å². The number of isocyanates is 1. The second-order valence-corrected chi connectivity index (χ2v) is 2.20. The van der Waals surface area contributed by atoms with E-state index >= 15 is 0 Å². The van der Waals surface area contributed by atoms with Gasteiger partial charge in [0.25, 0.3) is 0 Å². The van der Waals surface area contributed by atoms with Gasteiger partial charge in [0.15, 0.2) is 0 Å². The number of nitrogens with one attached hydrogen (secondary N) is 1. The lowest BCUT2D eigenvalue weighted by Gasteiger charge is -2.10. The minimum atomic E-state index is 0.750. The summed E-state index contributed by atoms with van der Waals surface area (Å²) in [6.45, 7) is 0. The van der Waals surface area contributed by atoms with Crippen LogP contribution < -0.4 is 4.90 Å². The molecule has 4 nitrogen and oxygen atoms in total. The molecule has 0 amide bonds. The summed E-state index contributed by atoms with van der Waals surface area (Å²) >= 11 is 0. The molecule has 0 bridgehead atoms. The van der Waals surface area contributed by atoms with Crippen molar-refractivity contribution in [2.45, 2.75) is 0 Å². The number of pyridine rings is 1. The largest absolute Gasteiger partial charge is 0.378 e. The highest BCUT2D eigenvalue weighted by Crippen LogP contribution is 2.05. The first-order chi connectivity index (χ1) is 5.72. The Morgan fingerprint density at radius 2 is 1.83 bits per heavy atom. The SMILES string of the molecule is CN(C)c1ccncc1.N=C=O. The van der Waals surface area contributed by atoms with Crippen molar-refractivity contribution < 1.29 is 4.79 Å². The zero-order valence-electron chi connectivity index (χ0n) is 7.11. The number of anilines is 1. The van der Waals surface area contributed by atoms with Gasteiger partial charge in [-0.05, 0) is 12.1 Å². The lowest BCUT2D eigenvalue weighted by atomic mass is 10.4. The second kappa shape index (κ2) is 6.07. The van der Waals surface area contributed by atoms with E-state index in [-0.39, 0.29) is 0 Å². The van der Waals surface area contributed by atoms with Crippen LogP contribution in [0.1, 0.15) is 0 Å². The van der Waals surface area contributed by atoms with Gasteiger partial charge in [0.1, 0.15) is 0 Å². The van der Waals surface area contributed by atoms with E-state index in [1.54, 1.807) is 12.4 Å². The van der Waals surface area contributed by atoms with Gasteiger partial charge < -0.3 is 4.90 Å². The van der Waals surface area contributed by atoms with Crippen molar-refractivity contribution >= 4 is 11.8 Å². The van der Waals surface area contributed by atoms with Crippen molar-refractivity contribution in [3.05, 3.63) is 24.5 Å². The number of carbonyl (C=O) groups excluding carboxylic acids is 1. The molecule has 0 aliphatic heterocycles. The molecule has 0 radical (unpaired) electrons. The summed E-state index contributed by atoms with van der Waals surface area (Å²) in [7, 11) is 4.02. The van der Waals surface area contributed by atoms with E-state index in [0.717, 1.165) is 6.08 Å². The summed E-state index contributed by atoms with van der Waals surface area (Å²) in [5, 5.41) is 5.40. The molecule has 0 aliphatic carbocycles. The fourth-order valence-electron chi connectivity index (χ4n) is 0.642. The maximum absolute atomic E-state index is 8.35. The van der Waals surface area contributed by atoms with Crippen LogP contribution in [0.25, 0.3) is 0 Å². The van der Waals surface area contributed by atoms with Crippen molar-refractivity contribution in [3.63, 3.8) is 0 Å². The Labute approximate surface area is 71.4 Å². The third-order valence-corrected chi connectivity index (χ3v) is 1.18. The van der Waals surface area contributed by atoms with Gasteiger partial charge in [-0.1, -0.05) is 0 Å². The number of hydrogen-bond acceptors (Lipinski definition) is 4. The molecule has 64 valence electrons. The predicted octanol–water partition coefficient (Wildman–Crippen LogP) is 1.05. The van der Waals surface area contributed by atoms with Crippen LogP contribution in [-0.4, -0.2) is 25.2 Å². The topological polar surface area (TPSA) is 57.1 Å². The average molecular weight is 165 g/mol. The van der Waals surface area contributed by atoms with Crippen LogP contribution in [-0.2, 0) is 4.79 Å². The van der Waals surface area contributed by atoms with Gasteiger partial charge in [-0.2, -0.15) is 0 Å². The Balaban J connectivity index is 0.000000354. The van der Waals surface area contributed by atoms with Crippen LogP contribution in [0.5, 0.6) is 0 Å². The zero-order valence-corrected chi connectivity index (χ0v) is 7.11. The summed E-state index contributed by atoms with van der Waals surface area (Å²) in [6.07, 6.45) is 4.32. The van der Waals surface area contributed by atoms with Gasteiger partial charge in [-0.25, -0.2) is 10.2 Å². The van der Waals surface area contributed by atoms with E-state index in [4.69, 9.17) is 10.2 Å². The minimum Gasteiger partial charge on any atom is -0.378 e. The maximum Gasteiger partial charge on any atom is 0.231 e. The quantitative estimate of drug-likeness (QED) is 0.499. The van der Waals surface area contributed by atoms with Crippen LogP contribution >= 0.6 is 0 Å². The standard InChI is InChI=1S/C7H10N2.CHNO/c1-9(2)7-3-5-8-6-4-7;2-1-3/h3-6H,1-2H3;2H. The van der Waals surface area contributed by atoms with Crippen molar-refractivity contribution in [3.8, 4) is 0 Å².